The van der Waals surface area contributed by atoms with Crippen LogP contribution in [0.25, 0.3) is 0 Å². The van der Waals surface area contributed by atoms with Gasteiger partial charge in [0, 0.05) is 55.8 Å². The number of rotatable bonds is 5. The maximum absolute atomic E-state index is 13.9. The van der Waals surface area contributed by atoms with E-state index < -0.39 is 6.17 Å². The lowest BCUT2D eigenvalue weighted by atomic mass is 9.83. The Labute approximate surface area is 236 Å². The third-order valence-electron chi connectivity index (χ3n) is 8.88. The summed E-state index contributed by atoms with van der Waals surface area (Å²) in [6, 6.07) is 15.9. The van der Waals surface area contributed by atoms with E-state index in [0.29, 0.717) is 53.5 Å². The molecule has 3 atom stereocenters. The zero-order chi connectivity index (χ0) is 28.4. The van der Waals surface area contributed by atoms with Gasteiger partial charge in [-0.1, -0.05) is 24.3 Å². The third-order valence-corrected chi connectivity index (χ3v) is 8.88. The van der Waals surface area contributed by atoms with Crippen LogP contribution in [0, 0.1) is 5.92 Å². The number of nitrogens with zero attached hydrogens (tertiary/aromatic N) is 4. The molecule has 1 saturated heterocycles. The van der Waals surface area contributed by atoms with Gasteiger partial charge in [0.15, 0.2) is 11.5 Å². The molecule has 0 radical (unpaired) electrons. The molecule has 0 aliphatic carbocycles. The lowest BCUT2D eigenvalue weighted by molar-refractivity contribution is -0.134. The van der Waals surface area contributed by atoms with Gasteiger partial charge in [0.1, 0.15) is 6.17 Å². The molecule has 4 aliphatic rings. The molecule has 0 N–H and O–H groups in total. The highest BCUT2D eigenvalue weighted by molar-refractivity contribution is 6.18. The Hall–Kier alpha value is -4.60. The molecular formula is C31H30N4O6. The number of likely N-dealkylation sites (tertiary alicyclic amines) is 1. The average Bonchev–Trinajstić information content (AvgIpc) is 3.29. The van der Waals surface area contributed by atoms with E-state index in [9.17, 15) is 19.2 Å². The number of pyridine rings is 1. The number of anilines is 1. The SMILES string of the molecule is COc1ccc2c(c1OC)C(=O)N1c3ccccc3C(=O)N(CCC(=O)N3C[C@@H]4C[C@H](C3)c3cccc(=O)n3C4)[C@@H]21. The van der Waals surface area contributed by atoms with Gasteiger partial charge < -0.3 is 23.8 Å². The largest absolute Gasteiger partial charge is 0.493 e. The average molecular weight is 555 g/mol. The molecule has 0 saturated carbocycles. The number of fused-ring (bicyclic) bond motifs is 9. The van der Waals surface area contributed by atoms with Gasteiger partial charge in [-0.15, -0.1) is 0 Å². The summed E-state index contributed by atoms with van der Waals surface area (Å²) >= 11 is 0. The predicted molar refractivity (Wildman–Crippen MR) is 149 cm³/mol. The van der Waals surface area contributed by atoms with Crippen molar-refractivity contribution < 1.29 is 23.9 Å². The van der Waals surface area contributed by atoms with Crippen LogP contribution < -0.4 is 19.9 Å². The van der Waals surface area contributed by atoms with E-state index in [1.807, 2.05) is 15.5 Å². The van der Waals surface area contributed by atoms with Gasteiger partial charge >= 0.3 is 0 Å². The second-order valence-electron chi connectivity index (χ2n) is 11.1. The molecule has 1 aromatic heterocycles. The quantitative estimate of drug-likeness (QED) is 0.481. The Balaban J connectivity index is 1.18. The summed E-state index contributed by atoms with van der Waals surface area (Å²) in [5.41, 5.74) is 2.93. The van der Waals surface area contributed by atoms with Gasteiger partial charge in [-0.05, 0) is 36.6 Å². The molecule has 3 aromatic rings. The molecule has 41 heavy (non-hydrogen) atoms. The third kappa shape index (κ3) is 3.77. The first-order valence-corrected chi connectivity index (χ1v) is 13.9. The van der Waals surface area contributed by atoms with Crippen LogP contribution in [0.1, 0.15) is 56.9 Å². The summed E-state index contributed by atoms with van der Waals surface area (Å²) in [5.74, 6) is 0.530. The van der Waals surface area contributed by atoms with Crippen LogP contribution in [-0.2, 0) is 11.3 Å². The fourth-order valence-corrected chi connectivity index (χ4v) is 7.13. The maximum Gasteiger partial charge on any atom is 0.264 e. The molecule has 2 aromatic carbocycles. The summed E-state index contributed by atoms with van der Waals surface area (Å²) < 4.78 is 12.9. The van der Waals surface area contributed by atoms with Crippen molar-refractivity contribution in [3.63, 3.8) is 0 Å². The minimum absolute atomic E-state index is 0.00562. The summed E-state index contributed by atoms with van der Waals surface area (Å²) in [7, 11) is 3.00. The molecule has 7 rings (SSSR count). The maximum atomic E-state index is 13.9. The molecule has 0 unspecified atom stereocenters. The number of piperidine rings is 1. The van der Waals surface area contributed by atoms with Gasteiger partial charge in [-0.3, -0.25) is 24.1 Å². The lowest BCUT2D eigenvalue weighted by Gasteiger charge is -2.43. The van der Waals surface area contributed by atoms with Crippen LogP contribution in [0.2, 0.25) is 0 Å². The Morgan fingerprint density at radius 1 is 0.902 bits per heavy atom. The van der Waals surface area contributed by atoms with Gasteiger partial charge in [0.05, 0.1) is 31.0 Å². The molecule has 3 amide bonds. The summed E-state index contributed by atoms with van der Waals surface area (Å²) in [6.07, 6.45) is 0.373. The van der Waals surface area contributed by atoms with Crippen molar-refractivity contribution in [2.75, 3.05) is 38.8 Å². The molecule has 210 valence electrons. The molecule has 10 heteroatoms. The summed E-state index contributed by atoms with van der Waals surface area (Å²) in [5, 5.41) is 0. The minimum atomic E-state index is -0.702. The summed E-state index contributed by atoms with van der Waals surface area (Å²) in [4.78, 5) is 58.8. The van der Waals surface area contributed by atoms with Crippen molar-refractivity contribution in [1.82, 2.24) is 14.4 Å². The number of para-hydroxylation sites is 1. The minimum Gasteiger partial charge on any atom is -0.493 e. The highest BCUT2D eigenvalue weighted by Crippen LogP contribution is 2.49. The van der Waals surface area contributed by atoms with Crippen LogP contribution in [0.3, 0.4) is 0 Å². The van der Waals surface area contributed by atoms with Gasteiger partial charge in [0.25, 0.3) is 17.4 Å². The topological polar surface area (TPSA) is 101 Å². The van der Waals surface area contributed by atoms with Crippen molar-refractivity contribution in [3.8, 4) is 11.5 Å². The zero-order valence-electron chi connectivity index (χ0n) is 22.9. The fraction of sp³-hybridized carbons (Fsp3) is 0.355. The molecule has 4 aliphatic heterocycles. The van der Waals surface area contributed by atoms with E-state index in [2.05, 4.69) is 0 Å². The van der Waals surface area contributed by atoms with E-state index in [0.717, 1.165) is 12.1 Å². The van der Waals surface area contributed by atoms with Crippen LogP contribution >= 0.6 is 0 Å². The van der Waals surface area contributed by atoms with E-state index in [1.165, 1.54) is 14.2 Å². The first-order valence-electron chi connectivity index (χ1n) is 13.9. The van der Waals surface area contributed by atoms with Crippen LogP contribution in [-0.4, -0.2) is 65.9 Å². The first-order chi connectivity index (χ1) is 19.9. The molecule has 1 fully saturated rings. The Morgan fingerprint density at radius 3 is 2.54 bits per heavy atom. The molecule has 0 spiro atoms. The first kappa shape index (κ1) is 25.4. The fourth-order valence-electron chi connectivity index (χ4n) is 7.13. The van der Waals surface area contributed by atoms with Crippen molar-refractivity contribution in [2.24, 2.45) is 5.92 Å². The highest BCUT2D eigenvalue weighted by Gasteiger charge is 2.49. The van der Waals surface area contributed by atoms with E-state index in [-0.39, 0.29) is 48.1 Å². The molecule has 10 nitrogen and oxygen atoms in total. The van der Waals surface area contributed by atoms with Crippen LogP contribution in [0.5, 0.6) is 11.5 Å². The number of benzene rings is 2. The standard InChI is InChI=1S/C31H30N4O6/c1-40-24-11-10-21-27(28(24)41-2)31(39)35-23-7-4-3-6-20(23)30(38)33(29(21)35)13-12-25(36)32-15-18-14-19(17-32)22-8-5-9-26(37)34(22)16-18/h3-11,18-19,29H,12-17H2,1-2H3/t18-,19+,29+/m0/s1. The number of methoxy groups -OCH3 is 2. The van der Waals surface area contributed by atoms with Crippen molar-refractivity contribution in [1.29, 1.82) is 0 Å². The molecule has 2 bridgehead atoms. The van der Waals surface area contributed by atoms with E-state index in [4.69, 9.17) is 9.47 Å². The van der Waals surface area contributed by atoms with Crippen molar-refractivity contribution in [3.05, 3.63) is 87.3 Å². The van der Waals surface area contributed by atoms with Crippen LogP contribution in [0.4, 0.5) is 5.69 Å². The Morgan fingerprint density at radius 2 is 1.73 bits per heavy atom. The van der Waals surface area contributed by atoms with Crippen molar-refractivity contribution >= 4 is 23.4 Å². The highest BCUT2D eigenvalue weighted by atomic mass is 16.5. The second-order valence-corrected chi connectivity index (χ2v) is 11.1. The molecular weight excluding hydrogens is 524 g/mol. The zero-order valence-corrected chi connectivity index (χ0v) is 22.9. The molecule has 5 heterocycles. The van der Waals surface area contributed by atoms with Gasteiger partial charge in [-0.2, -0.15) is 0 Å². The number of aromatic nitrogens is 1. The second kappa shape index (κ2) is 9.50. The Bertz CT molecular complexity index is 1660. The van der Waals surface area contributed by atoms with Gasteiger partial charge in [-0.25, -0.2) is 0 Å². The monoisotopic (exact) mass is 554 g/mol. The number of carbonyl (C=O) groups is 3. The van der Waals surface area contributed by atoms with Crippen molar-refractivity contribution in [2.45, 2.75) is 31.5 Å². The van der Waals surface area contributed by atoms with Crippen LogP contribution in [0.15, 0.2) is 59.4 Å². The lowest BCUT2D eigenvalue weighted by Crippen LogP contribution is -2.51. The normalized spacial score (nSPS) is 22.1. The number of ether oxygens (including phenoxy) is 2. The number of amides is 3. The van der Waals surface area contributed by atoms with Gasteiger partial charge in [0.2, 0.25) is 5.91 Å². The smallest absolute Gasteiger partial charge is 0.264 e. The summed E-state index contributed by atoms with van der Waals surface area (Å²) in [6.45, 7) is 1.89. The number of carbonyl (C=O) groups excluding carboxylic acids is 3. The Kier molecular flexibility index (Phi) is 5.88. The van der Waals surface area contributed by atoms with E-state index >= 15 is 0 Å². The van der Waals surface area contributed by atoms with E-state index in [1.54, 1.807) is 58.3 Å². The predicted octanol–water partition coefficient (Wildman–Crippen LogP) is 3.02. The number of hydrogen-bond donors (Lipinski definition) is 0. The number of hydrogen-bond acceptors (Lipinski definition) is 6.